The summed E-state index contributed by atoms with van der Waals surface area (Å²) in [6, 6.07) is 11.6. The minimum absolute atomic E-state index is 0.0166. The normalized spacial score (nSPS) is 15.2. The number of amides is 1. The van der Waals surface area contributed by atoms with Crippen molar-refractivity contribution in [3.8, 4) is 0 Å². The molecule has 2 aromatic carbocycles. The number of anilines is 1. The van der Waals surface area contributed by atoms with Crippen LogP contribution < -0.4 is 10.0 Å². The van der Waals surface area contributed by atoms with Crippen LogP contribution >= 0.6 is 11.3 Å². The zero-order chi connectivity index (χ0) is 19.7. The highest BCUT2D eigenvalue weighted by Crippen LogP contribution is 2.25. The molecule has 6 nitrogen and oxygen atoms in total. The Morgan fingerprint density at radius 3 is 2.71 bits per heavy atom. The van der Waals surface area contributed by atoms with E-state index in [-0.39, 0.29) is 16.8 Å². The van der Waals surface area contributed by atoms with Gasteiger partial charge in [0.25, 0.3) is 5.91 Å². The first-order valence-corrected chi connectivity index (χ1v) is 11.5. The van der Waals surface area contributed by atoms with Gasteiger partial charge >= 0.3 is 0 Å². The number of rotatable bonds is 5. The Bertz CT molecular complexity index is 1130. The van der Waals surface area contributed by atoms with Crippen LogP contribution in [0.1, 0.15) is 41.0 Å². The van der Waals surface area contributed by atoms with E-state index in [0.717, 1.165) is 40.9 Å². The molecule has 1 fully saturated rings. The number of nitrogens with zero attached hydrogens (tertiary/aromatic N) is 1. The lowest BCUT2D eigenvalue weighted by molar-refractivity contribution is 0.102. The first-order chi connectivity index (χ1) is 13.4. The van der Waals surface area contributed by atoms with E-state index < -0.39 is 10.0 Å². The Morgan fingerprint density at radius 1 is 1.14 bits per heavy atom. The molecular weight excluding hydrogens is 394 g/mol. The zero-order valence-corrected chi connectivity index (χ0v) is 17.1. The monoisotopic (exact) mass is 415 g/mol. The summed E-state index contributed by atoms with van der Waals surface area (Å²) in [7, 11) is -3.64. The number of hydrogen-bond acceptors (Lipinski definition) is 5. The fourth-order valence-electron chi connectivity index (χ4n) is 3.46. The molecule has 146 valence electrons. The van der Waals surface area contributed by atoms with E-state index in [4.69, 9.17) is 0 Å². The van der Waals surface area contributed by atoms with E-state index in [1.807, 2.05) is 19.1 Å². The molecule has 28 heavy (non-hydrogen) atoms. The molecule has 3 aromatic rings. The van der Waals surface area contributed by atoms with Gasteiger partial charge in [0, 0.05) is 17.3 Å². The molecule has 1 aliphatic carbocycles. The van der Waals surface area contributed by atoms with Crippen LogP contribution in [0.5, 0.6) is 0 Å². The fourth-order valence-corrected chi connectivity index (χ4v) is 5.67. The summed E-state index contributed by atoms with van der Waals surface area (Å²) >= 11 is 1.56. The highest BCUT2D eigenvalue weighted by atomic mass is 32.2. The van der Waals surface area contributed by atoms with Crippen molar-refractivity contribution < 1.29 is 13.2 Å². The first-order valence-electron chi connectivity index (χ1n) is 9.22. The smallest absolute Gasteiger partial charge is 0.255 e. The van der Waals surface area contributed by atoms with Crippen LogP contribution in [0.4, 0.5) is 5.69 Å². The van der Waals surface area contributed by atoms with Gasteiger partial charge in [0.1, 0.15) is 0 Å². The lowest BCUT2D eigenvalue weighted by Gasteiger charge is -2.13. The van der Waals surface area contributed by atoms with Gasteiger partial charge in [-0.2, -0.15) is 0 Å². The molecule has 0 atom stereocenters. The predicted octanol–water partition coefficient (Wildman–Crippen LogP) is 4.08. The molecule has 0 saturated heterocycles. The molecular formula is C20H21N3O3S2. The Balaban J connectivity index is 1.53. The van der Waals surface area contributed by atoms with E-state index in [9.17, 15) is 13.2 Å². The number of fused-ring (bicyclic) bond motifs is 1. The maximum absolute atomic E-state index is 12.6. The van der Waals surface area contributed by atoms with E-state index in [1.165, 1.54) is 12.1 Å². The first kappa shape index (κ1) is 19.0. The number of thiazole rings is 1. The van der Waals surface area contributed by atoms with Crippen LogP contribution in [-0.4, -0.2) is 25.4 Å². The highest BCUT2D eigenvalue weighted by Gasteiger charge is 2.23. The average molecular weight is 416 g/mol. The third kappa shape index (κ3) is 4.09. The molecule has 0 spiro atoms. The molecule has 0 bridgehead atoms. The van der Waals surface area contributed by atoms with Crippen molar-refractivity contribution in [1.82, 2.24) is 9.71 Å². The van der Waals surface area contributed by atoms with Crippen LogP contribution in [-0.2, 0) is 10.0 Å². The second kappa shape index (κ2) is 7.62. The number of aromatic nitrogens is 1. The summed E-state index contributed by atoms with van der Waals surface area (Å²) in [5, 5.41) is 3.80. The third-order valence-electron chi connectivity index (χ3n) is 4.84. The van der Waals surface area contributed by atoms with Gasteiger partial charge in [0.2, 0.25) is 10.0 Å². The van der Waals surface area contributed by atoms with Crippen molar-refractivity contribution in [2.45, 2.75) is 43.5 Å². The summed E-state index contributed by atoms with van der Waals surface area (Å²) in [5.74, 6) is -0.349. The van der Waals surface area contributed by atoms with Gasteiger partial charge in [0.15, 0.2) is 0 Å². The van der Waals surface area contributed by atoms with Crippen molar-refractivity contribution in [1.29, 1.82) is 0 Å². The number of carbonyl (C=O) groups is 1. The number of nitrogens with one attached hydrogen (secondary N) is 2. The van der Waals surface area contributed by atoms with Crippen molar-refractivity contribution in [2.75, 3.05) is 5.32 Å². The van der Waals surface area contributed by atoms with Crippen molar-refractivity contribution in [3.05, 3.63) is 53.0 Å². The number of aryl methyl sites for hydroxylation is 1. The molecule has 0 aliphatic heterocycles. The molecule has 2 N–H and O–H groups in total. The van der Waals surface area contributed by atoms with Gasteiger partial charge in [-0.05, 0) is 56.2 Å². The molecule has 4 rings (SSSR count). The summed E-state index contributed by atoms with van der Waals surface area (Å²) in [6.07, 6.45) is 3.80. The lowest BCUT2D eigenvalue weighted by Crippen LogP contribution is -2.32. The Morgan fingerprint density at radius 2 is 1.93 bits per heavy atom. The Labute approximate surface area is 168 Å². The largest absolute Gasteiger partial charge is 0.322 e. The minimum atomic E-state index is -3.64. The van der Waals surface area contributed by atoms with Crippen molar-refractivity contribution in [3.63, 3.8) is 0 Å². The van der Waals surface area contributed by atoms with Gasteiger partial charge in [-0.15, -0.1) is 11.3 Å². The SMILES string of the molecule is Cc1nc2ccc(NC(=O)c3cccc(S(=O)(=O)NC4CCCC4)c3)cc2s1. The minimum Gasteiger partial charge on any atom is -0.322 e. The quantitative estimate of drug-likeness (QED) is 0.657. The van der Waals surface area contributed by atoms with Gasteiger partial charge < -0.3 is 5.32 Å². The van der Waals surface area contributed by atoms with Crippen LogP contribution in [0.25, 0.3) is 10.2 Å². The summed E-state index contributed by atoms with van der Waals surface area (Å²) in [5.41, 5.74) is 1.85. The maximum Gasteiger partial charge on any atom is 0.255 e. The van der Waals surface area contributed by atoms with Crippen LogP contribution in [0.15, 0.2) is 47.4 Å². The maximum atomic E-state index is 12.6. The zero-order valence-electron chi connectivity index (χ0n) is 15.4. The van der Waals surface area contributed by atoms with E-state index >= 15 is 0 Å². The van der Waals surface area contributed by atoms with Crippen LogP contribution in [0, 0.1) is 6.92 Å². The Hall–Kier alpha value is -2.29. The molecule has 1 heterocycles. The van der Waals surface area contributed by atoms with E-state index in [0.29, 0.717) is 11.3 Å². The standard InChI is InChI=1S/C20H21N3O3S2/c1-13-21-18-10-9-16(12-19(18)27-13)22-20(24)14-5-4-8-17(11-14)28(25,26)23-15-6-2-3-7-15/h4-5,8-12,15,23H,2-3,6-7H2,1H3,(H,22,24). The summed E-state index contributed by atoms with van der Waals surface area (Å²) in [6.45, 7) is 1.94. The second-order valence-electron chi connectivity index (χ2n) is 7.00. The van der Waals surface area contributed by atoms with Gasteiger partial charge in [-0.25, -0.2) is 18.1 Å². The predicted molar refractivity (Wildman–Crippen MR) is 111 cm³/mol. The fraction of sp³-hybridized carbons (Fsp3) is 0.300. The van der Waals surface area contributed by atoms with Crippen molar-refractivity contribution in [2.24, 2.45) is 0 Å². The molecule has 0 radical (unpaired) electrons. The molecule has 1 saturated carbocycles. The second-order valence-corrected chi connectivity index (χ2v) is 9.95. The Kier molecular flexibility index (Phi) is 5.18. The van der Waals surface area contributed by atoms with Crippen LogP contribution in [0.2, 0.25) is 0 Å². The van der Waals surface area contributed by atoms with Gasteiger partial charge in [-0.1, -0.05) is 18.9 Å². The number of sulfonamides is 1. The average Bonchev–Trinajstić information content (AvgIpc) is 3.29. The highest BCUT2D eigenvalue weighted by molar-refractivity contribution is 7.89. The van der Waals surface area contributed by atoms with E-state index in [1.54, 1.807) is 29.5 Å². The molecule has 8 heteroatoms. The van der Waals surface area contributed by atoms with Gasteiger partial charge in [-0.3, -0.25) is 4.79 Å². The van der Waals surface area contributed by atoms with Crippen molar-refractivity contribution >= 4 is 43.2 Å². The molecule has 1 aliphatic rings. The third-order valence-corrected chi connectivity index (χ3v) is 7.29. The summed E-state index contributed by atoms with van der Waals surface area (Å²) in [4.78, 5) is 17.2. The number of benzene rings is 2. The molecule has 1 aromatic heterocycles. The lowest BCUT2D eigenvalue weighted by atomic mass is 10.2. The number of carbonyl (C=O) groups excluding carboxylic acids is 1. The number of hydrogen-bond donors (Lipinski definition) is 2. The summed E-state index contributed by atoms with van der Waals surface area (Å²) < 4.78 is 29.0. The topological polar surface area (TPSA) is 88.2 Å². The van der Waals surface area contributed by atoms with E-state index in [2.05, 4.69) is 15.0 Å². The van der Waals surface area contributed by atoms with Gasteiger partial charge in [0.05, 0.1) is 20.1 Å². The molecule has 1 amide bonds. The van der Waals surface area contributed by atoms with Crippen LogP contribution in [0.3, 0.4) is 0 Å². The molecule has 0 unspecified atom stereocenters.